The molecule has 0 aromatic carbocycles. The minimum atomic E-state index is -0.00417. The fourth-order valence-corrected chi connectivity index (χ4v) is 1.67. The zero-order valence-corrected chi connectivity index (χ0v) is 11.5. The number of carbonyl (C=O) groups is 1. The summed E-state index contributed by atoms with van der Waals surface area (Å²) in [7, 11) is 0. The molecule has 4 heteroatoms. The van der Waals surface area contributed by atoms with E-state index >= 15 is 0 Å². The molecule has 1 rings (SSSR count). The van der Waals surface area contributed by atoms with E-state index in [0.29, 0.717) is 6.54 Å². The monoisotopic (exact) mass is 239 g/mol. The maximum absolute atomic E-state index is 11.7. The number of piperidine rings is 1. The minimum absolute atomic E-state index is 0.00417. The fraction of sp³-hybridized carbons (Fsp3) is 0.846. The summed E-state index contributed by atoms with van der Waals surface area (Å²) in [6.45, 7) is 10.8. The number of likely N-dealkylation sites (tertiary alicyclic amines) is 1. The van der Waals surface area contributed by atoms with Crippen LogP contribution in [0.15, 0.2) is 5.10 Å². The van der Waals surface area contributed by atoms with E-state index in [9.17, 15) is 4.79 Å². The molecule has 0 bridgehead atoms. The van der Waals surface area contributed by atoms with Crippen LogP contribution >= 0.6 is 0 Å². The predicted octanol–water partition coefficient (Wildman–Crippen LogP) is 2.01. The van der Waals surface area contributed by atoms with Gasteiger partial charge in [0.15, 0.2) is 0 Å². The Morgan fingerprint density at radius 1 is 1.24 bits per heavy atom. The summed E-state index contributed by atoms with van der Waals surface area (Å²) in [6.07, 6.45) is 3.70. The zero-order valence-electron chi connectivity index (χ0n) is 11.5. The Balaban J connectivity index is 2.34. The van der Waals surface area contributed by atoms with E-state index < -0.39 is 0 Å². The van der Waals surface area contributed by atoms with Crippen LogP contribution in [-0.4, -0.2) is 36.2 Å². The van der Waals surface area contributed by atoms with E-state index in [4.69, 9.17) is 0 Å². The highest BCUT2D eigenvalue weighted by molar-refractivity contribution is 5.88. The average molecular weight is 239 g/mol. The maximum atomic E-state index is 11.7. The number of hydrogen-bond acceptors (Lipinski definition) is 3. The SMILES string of the molecule is C/C(=N/NC(=O)CN1CCCCC1)C(C)(C)C. The van der Waals surface area contributed by atoms with Crippen LogP contribution in [0.4, 0.5) is 0 Å². The van der Waals surface area contributed by atoms with Gasteiger partial charge in [-0.3, -0.25) is 9.69 Å². The molecule has 0 atom stereocenters. The van der Waals surface area contributed by atoms with Crippen molar-refractivity contribution in [2.75, 3.05) is 19.6 Å². The zero-order chi connectivity index (χ0) is 12.9. The lowest BCUT2D eigenvalue weighted by atomic mass is 9.91. The Morgan fingerprint density at radius 3 is 2.35 bits per heavy atom. The van der Waals surface area contributed by atoms with E-state index in [1.165, 1.54) is 19.3 Å². The van der Waals surface area contributed by atoms with Gasteiger partial charge in [-0.25, -0.2) is 5.43 Å². The highest BCUT2D eigenvalue weighted by atomic mass is 16.2. The number of rotatable bonds is 3. The van der Waals surface area contributed by atoms with Gasteiger partial charge < -0.3 is 0 Å². The van der Waals surface area contributed by atoms with Crippen LogP contribution in [0.3, 0.4) is 0 Å². The predicted molar refractivity (Wildman–Crippen MR) is 71.0 cm³/mol. The first-order valence-electron chi connectivity index (χ1n) is 6.45. The third-order valence-corrected chi connectivity index (χ3v) is 3.25. The van der Waals surface area contributed by atoms with Gasteiger partial charge in [0.05, 0.1) is 6.54 Å². The normalized spacial score (nSPS) is 19.2. The molecule has 17 heavy (non-hydrogen) atoms. The first-order chi connectivity index (χ1) is 7.89. The highest BCUT2D eigenvalue weighted by Crippen LogP contribution is 2.14. The second-order valence-electron chi connectivity index (χ2n) is 5.82. The molecule has 4 nitrogen and oxygen atoms in total. The first kappa shape index (κ1) is 14.2. The van der Waals surface area contributed by atoms with Crippen molar-refractivity contribution < 1.29 is 4.79 Å². The number of carbonyl (C=O) groups excluding carboxylic acids is 1. The molecule has 0 aromatic rings. The number of hydrazone groups is 1. The number of nitrogens with zero attached hydrogens (tertiary/aromatic N) is 2. The molecule has 1 heterocycles. The Labute approximate surface area is 104 Å². The average Bonchev–Trinajstić information content (AvgIpc) is 2.26. The fourth-order valence-electron chi connectivity index (χ4n) is 1.67. The van der Waals surface area contributed by atoms with Crippen LogP contribution in [-0.2, 0) is 4.79 Å². The van der Waals surface area contributed by atoms with E-state index in [-0.39, 0.29) is 11.3 Å². The molecule has 98 valence electrons. The Bertz CT molecular complexity index is 286. The molecule has 0 saturated carbocycles. The van der Waals surface area contributed by atoms with Gasteiger partial charge in [0.25, 0.3) is 5.91 Å². The van der Waals surface area contributed by atoms with Gasteiger partial charge in [0.1, 0.15) is 0 Å². The van der Waals surface area contributed by atoms with Gasteiger partial charge in [-0.2, -0.15) is 5.10 Å². The standard InChI is InChI=1S/C13H25N3O/c1-11(13(2,3)4)14-15-12(17)10-16-8-6-5-7-9-16/h5-10H2,1-4H3,(H,15,17)/b14-11-. The Hall–Kier alpha value is -0.900. The van der Waals surface area contributed by atoms with Crippen molar-refractivity contribution in [2.45, 2.75) is 47.0 Å². The van der Waals surface area contributed by atoms with E-state index in [1.807, 2.05) is 6.92 Å². The molecule has 1 aliphatic rings. The molecule has 0 spiro atoms. The van der Waals surface area contributed by atoms with Gasteiger partial charge in [-0.15, -0.1) is 0 Å². The molecule has 1 fully saturated rings. The molecular weight excluding hydrogens is 214 g/mol. The molecule has 0 aliphatic carbocycles. The Morgan fingerprint density at radius 2 is 1.82 bits per heavy atom. The summed E-state index contributed by atoms with van der Waals surface area (Å²) in [6, 6.07) is 0. The summed E-state index contributed by atoms with van der Waals surface area (Å²) < 4.78 is 0. The van der Waals surface area contributed by atoms with Gasteiger partial charge in [-0.05, 0) is 32.9 Å². The van der Waals surface area contributed by atoms with Crippen molar-refractivity contribution in [1.29, 1.82) is 0 Å². The second-order valence-corrected chi connectivity index (χ2v) is 5.82. The van der Waals surface area contributed by atoms with Crippen molar-refractivity contribution in [3.63, 3.8) is 0 Å². The molecule has 1 saturated heterocycles. The molecule has 1 amide bonds. The molecule has 0 aromatic heterocycles. The van der Waals surface area contributed by atoms with Crippen molar-refractivity contribution in [3.8, 4) is 0 Å². The number of nitrogens with one attached hydrogen (secondary N) is 1. The van der Waals surface area contributed by atoms with Crippen molar-refractivity contribution in [1.82, 2.24) is 10.3 Å². The molecular formula is C13H25N3O. The topological polar surface area (TPSA) is 44.7 Å². The van der Waals surface area contributed by atoms with E-state index in [0.717, 1.165) is 18.8 Å². The van der Waals surface area contributed by atoms with Gasteiger partial charge in [-0.1, -0.05) is 27.2 Å². The van der Waals surface area contributed by atoms with Crippen LogP contribution in [0, 0.1) is 5.41 Å². The van der Waals surface area contributed by atoms with Crippen LogP contribution in [0.1, 0.15) is 47.0 Å². The lowest BCUT2D eigenvalue weighted by molar-refractivity contribution is -0.122. The first-order valence-corrected chi connectivity index (χ1v) is 6.45. The second kappa shape index (κ2) is 6.15. The van der Waals surface area contributed by atoms with Crippen LogP contribution < -0.4 is 5.43 Å². The molecule has 1 aliphatic heterocycles. The number of amides is 1. The summed E-state index contributed by atoms with van der Waals surface area (Å²) in [5.74, 6) is -0.00417. The molecule has 0 unspecified atom stereocenters. The van der Waals surface area contributed by atoms with Crippen LogP contribution in [0.25, 0.3) is 0 Å². The highest BCUT2D eigenvalue weighted by Gasteiger charge is 2.16. The van der Waals surface area contributed by atoms with Crippen molar-refractivity contribution >= 4 is 11.6 Å². The van der Waals surface area contributed by atoms with Gasteiger partial charge in [0.2, 0.25) is 0 Å². The third kappa shape index (κ3) is 5.31. The smallest absolute Gasteiger partial charge is 0.254 e. The van der Waals surface area contributed by atoms with Gasteiger partial charge >= 0.3 is 0 Å². The molecule has 1 N–H and O–H groups in total. The molecule has 0 radical (unpaired) electrons. The largest absolute Gasteiger partial charge is 0.294 e. The van der Waals surface area contributed by atoms with Crippen molar-refractivity contribution in [2.24, 2.45) is 10.5 Å². The summed E-state index contributed by atoms with van der Waals surface area (Å²) >= 11 is 0. The van der Waals surface area contributed by atoms with Crippen molar-refractivity contribution in [3.05, 3.63) is 0 Å². The summed E-state index contributed by atoms with van der Waals surface area (Å²) in [5.41, 5.74) is 3.60. The number of hydrogen-bond donors (Lipinski definition) is 1. The third-order valence-electron chi connectivity index (χ3n) is 3.25. The summed E-state index contributed by atoms with van der Waals surface area (Å²) in [4.78, 5) is 13.9. The lowest BCUT2D eigenvalue weighted by Crippen LogP contribution is -2.38. The van der Waals surface area contributed by atoms with Gasteiger partial charge in [0, 0.05) is 11.1 Å². The quantitative estimate of drug-likeness (QED) is 0.605. The van der Waals surface area contributed by atoms with Crippen LogP contribution in [0.5, 0.6) is 0 Å². The minimum Gasteiger partial charge on any atom is -0.294 e. The van der Waals surface area contributed by atoms with E-state index in [2.05, 4.69) is 36.2 Å². The Kier molecular flexibility index (Phi) is 5.12. The van der Waals surface area contributed by atoms with Crippen LogP contribution in [0.2, 0.25) is 0 Å². The lowest BCUT2D eigenvalue weighted by Gasteiger charge is -2.25. The maximum Gasteiger partial charge on any atom is 0.254 e. The summed E-state index contributed by atoms with van der Waals surface area (Å²) in [5, 5.41) is 4.15. The van der Waals surface area contributed by atoms with E-state index in [1.54, 1.807) is 0 Å².